The monoisotopic (exact) mass is 218 g/mol. The number of hydrogen-bond acceptors (Lipinski definition) is 4. The van der Waals surface area contributed by atoms with Gasteiger partial charge in [0.25, 0.3) is 0 Å². The van der Waals surface area contributed by atoms with Gasteiger partial charge in [-0.15, -0.1) is 0 Å². The summed E-state index contributed by atoms with van der Waals surface area (Å²) >= 11 is 0. The van der Waals surface area contributed by atoms with Crippen molar-refractivity contribution in [1.82, 2.24) is 5.32 Å². The van der Waals surface area contributed by atoms with Crippen molar-refractivity contribution in [2.45, 2.75) is 45.4 Å². The van der Waals surface area contributed by atoms with Gasteiger partial charge in [0.2, 0.25) is 5.91 Å². The van der Waals surface area contributed by atoms with E-state index < -0.39 is 29.7 Å². The summed E-state index contributed by atoms with van der Waals surface area (Å²) in [6.07, 6.45) is -1.85. The van der Waals surface area contributed by atoms with Gasteiger partial charge in [0.1, 0.15) is 11.6 Å². The average Bonchev–Trinajstić information content (AvgIpc) is 1.95. The minimum atomic E-state index is -1.14. The number of nitrogens with two attached hydrogens (primary N) is 1. The number of rotatable bonds is 3. The van der Waals surface area contributed by atoms with Gasteiger partial charge in [-0.3, -0.25) is 4.79 Å². The third-order valence-corrected chi connectivity index (χ3v) is 1.46. The SMILES string of the molecule is CC(O)C(NC(=O)OC(C)(C)C)C(N)=O. The van der Waals surface area contributed by atoms with Gasteiger partial charge in [0.05, 0.1) is 6.10 Å². The smallest absolute Gasteiger partial charge is 0.408 e. The van der Waals surface area contributed by atoms with Crippen LogP contribution in [0.1, 0.15) is 27.7 Å². The van der Waals surface area contributed by atoms with E-state index in [1.54, 1.807) is 20.8 Å². The van der Waals surface area contributed by atoms with Crippen molar-refractivity contribution in [3.63, 3.8) is 0 Å². The predicted octanol–water partition coefficient (Wildman–Crippen LogP) is -0.254. The summed E-state index contributed by atoms with van der Waals surface area (Å²) in [4.78, 5) is 22.1. The molecule has 0 aliphatic rings. The molecule has 0 spiro atoms. The van der Waals surface area contributed by atoms with Crippen LogP contribution < -0.4 is 11.1 Å². The van der Waals surface area contributed by atoms with Crippen molar-refractivity contribution >= 4 is 12.0 Å². The molecular weight excluding hydrogens is 200 g/mol. The summed E-state index contributed by atoms with van der Waals surface area (Å²) in [6.45, 7) is 6.42. The minimum Gasteiger partial charge on any atom is -0.444 e. The van der Waals surface area contributed by atoms with Crippen molar-refractivity contribution in [3.05, 3.63) is 0 Å². The van der Waals surface area contributed by atoms with Crippen LogP contribution in [0, 0.1) is 0 Å². The Balaban J connectivity index is 4.31. The van der Waals surface area contributed by atoms with Crippen LogP contribution in [-0.2, 0) is 9.53 Å². The number of amides is 2. The molecule has 0 radical (unpaired) electrons. The van der Waals surface area contributed by atoms with Gasteiger partial charge < -0.3 is 20.9 Å². The molecule has 0 fully saturated rings. The highest BCUT2D eigenvalue weighted by atomic mass is 16.6. The van der Waals surface area contributed by atoms with Crippen molar-refractivity contribution in [1.29, 1.82) is 0 Å². The molecule has 0 aliphatic heterocycles. The molecule has 0 rings (SSSR count). The van der Waals surface area contributed by atoms with Crippen molar-refractivity contribution in [3.8, 4) is 0 Å². The first-order valence-corrected chi connectivity index (χ1v) is 4.60. The molecule has 0 aromatic carbocycles. The van der Waals surface area contributed by atoms with Crippen LogP contribution in [0.2, 0.25) is 0 Å². The van der Waals surface area contributed by atoms with Gasteiger partial charge in [-0.25, -0.2) is 4.79 Å². The molecule has 0 aromatic rings. The van der Waals surface area contributed by atoms with Crippen molar-refractivity contribution < 1.29 is 19.4 Å². The summed E-state index contributed by atoms with van der Waals surface area (Å²) < 4.78 is 4.90. The Morgan fingerprint density at radius 1 is 1.40 bits per heavy atom. The lowest BCUT2D eigenvalue weighted by atomic mass is 10.2. The van der Waals surface area contributed by atoms with E-state index in [-0.39, 0.29) is 0 Å². The summed E-state index contributed by atoms with van der Waals surface area (Å²) in [7, 11) is 0. The maximum absolute atomic E-state index is 11.2. The second-order valence-electron chi connectivity index (χ2n) is 4.27. The lowest BCUT2D eigenvalue weighted by Crippen LogP contribution is -2.51. The van der Waals surface area contributed by atoms with Gasteiger partial charge in [-0.05, 0) is 27.7 Å². The highest BCUT2D eigenvalue weighted by Gasteiger charge is 2.25. The third kappa shape index (κ3) is 5.90. The van der Waals surface area contributed by atoms with Gasteiger partial charge in [0, 0.05) is 0 Å². The average molecular weight is 218 g/mol. The highest BCUT2D eigenvalue weighted by Crippen LogP contribution is 2.07. The van der Waals surface area contributed by atoms with Crippen LogP contribution >= 0.6 is 0 Å². The Labute approximate surface area is 88.8 Å². The van der Waals surface area contributed by atoms with E-state index in [2.05, 4.69) is 5.32 Å². The predicted molar refractivity (Wildman–Crippen MR) is 54.0 cm³/mol. The molecular formula is C9H18N2O4. The lowest BCUT2D eigenvalue weighted by molar-refractivity contribution is -0.122. The van der Waals surface area contributed by atoms with E-state index in [0.29, 0.717) is 0 Å². The van der Waals surface area contributed by atoms with Crippen molar-refractivity contribution in [2.75, 3.05) is 0 Å². The van der Waals surface area contributed by atoms with Crippen LogP contribution in [0.25, 0.3) is 0 Å². The Morgan fingerprint density at radius 2 is 1.87 bits per heavy atom. The minimum absolute atomic E-state index is 0.662. The number of hydrogen-bond donors (Lipinski definition) is 3. The standard InChI is InChI=1S/C9H18N2O4/c1-5(12)6(7(10)13)11-8(14)15-9(2,3)4/h5-6,12H,1-4H3,(H2,10,13)(H,11,14). The van der Waals surface area contributed by atoms with Gasteiger partial charge in [-0.1, -0.05) is 0 Å². The molecule has 0 saturated carbocycles. The van der Waals surface area contributed by atoms with Gasteiger partial charge in [-0.2, -0.15) is 0 Å². The quantitative estimate of drug-likeness (QED) is 0.607. The number of primary amides is 1. The first kappa shape index (κ1) is 13.7. The molecule has 2 amide bonds. The zero-order chi connectivity index (χ0) is 12.2. The fourth-order valence-electron chi connectivity index (χ4n) is 0.864. The van der Waals surface area contributed by atoms with Crippen LogP contribution in [0.15, 0.2) is 0 Å². The Morgan fingerprint density at radius 3 is 2.13 bits per heavy atom. The van der Waals surface area contributed by atoms with E-state index in [4.69, 9.17) is 15.6 Å². The fourth-order valence-corrected chi connectivity index (χ4v) is 0.864. The number of carbonyl (C=O) groups excluding carboxylic acids is 2. The molecule has 0 aromatic heterocycles. The maximum Gasteiger partial charge on any atom is 0.408 e. The lowest BCUT2D eigenvalue weighted by Gasteiger charge is -2.23. The molecule has 2 unspecified atom stereocenters. The fraction of sp³-hybridized carbons (Fsp3) is 0.778. The number of aliphatic hydroxyl groups is 1. The van der Waals surface area contributed by atoms with Crippen molar-refractivity contribution in [2.24, 2.45) is 5.73 Å². The topological polar surface area (TPSA) is 102 Å². The molecule has 0 aliphatic carbocycles. The highest BCUT2D eigenvalue weighted by molar-refractivity contribution is 5.84. The van der Waals surface area contributed by atoms with E-state index >= 15 is 0 Å². The van der Waals surface area contributed by atoms with E-state index in [9.17, 15) is 9.59 Å². The summed E-state index contributed by atoms with van der Waals surface area (Å²) in [5, 5.41) is 11.3. The number of carbonyl (C=O) groups is 2. The Kier molecular flexibility index (Phi) is 4.54. The normalized spacial score (nSPS) is 15.3. The molecule has 6 heteroatoms. The molecule has 6 nitrogen and oxygen atoms in total. The Hall–Kier alpha value is -1.30. The molecule has 0 heterocycles. The van der Waals surface area contributed by atoms with E-state index in [1.807, 2.05) is 0 Å². The summed E-state index contributed by atoms with van der Waals surface area (Å²) in [6, 6.07) is -1.14. The second-order valence-corrected chi connectivity index (χ2v) is 4.27. The molecule has 15 heavy (non-hydrogen) atoms. The number of alkyl carbamates (subject to hydrolysis) is 1. The molecule has 4 N–H and O–H groups in total. The largest absolute Gasteiger partial charge is 0.444 e. The Bertz CT molecular complexity index is 245. The van der Waals surface area contributed by atoms with Gasteiger partial charge >= 0.3 is 6.09 Å². The van der Waals surface area contributed by atoms with Crippen LogP contribution in [0.4, 0.5) is 4.79 Å². The first-order valence-electron chi connectivity index (χ1n) is 4.60. The van der Waals surface area contributed by atoms with Gasteiger partial charge in [0.15, 0.2) is 0 Å². The summed E-state index contributed by atoms with van der Waals surface area (Å²) in [5.74, 6) is -0.809. The number of nitrogens with one attached hydrogen (secondary N) is 1. The molecule has 88 valence electrons. The van der Waals surface area contributed by atoms with E-state index in [0.717, 1.165) is 0 Å². The zero-order valence-electron chi connectivity index (χ0n) is 9.40. The zero-order valence-corrected chi connectivity index (χ0v) is 9.40. The van der Waals surface area contributed by atoms with Crippen LogP contribution in [0.5, 0.6) is 0 Å². The van der Waals surface area contributed by atoms with E-state index in [1.165, 1.54) is 6.92 Å². The number of ether oxygens (including phenoxy) is 1. The first-order chi connectivity index (χ1) is 6.63. The third-order valence-electron chi connectivity index (χ3n) is 1.46. The number of aliphatic hydroxyl groups excluding tert-OH is 1. The van der Waals surface area contributed by atoms with Crippen LogP contribution in [0.3, 0.4) is 0 Å². The molecule has 0 saturated heterocycles. The maximum atomic E-state index is 11.2. The molecule has 2 atom stereocenters. The second kappa shape index (κ2) is 4.97. The summed E-state index contributed by atoms with van der Waals surface area (Å²) in [5.41, 5.74) is 4.32. The van der Waals surface area contributed by atoms with Crippen LogP contribution in [-0.4, -0.2) is 34.9 Å². The molecule has 0 bridgehead atoms.